The molecule has 0 N–H and O–H groups in total. The molecular formula is C15H22FNO2S. The quantitative estimate of drug-likeness (QED) is 0.690. The molecule has 0 bridgehead atoms. The smallest absolute Gasteiger partial charge is 0.180 e. The highest BCUT2D eigenvalue weighted by Crippen LogP contribution is 2.20. The summed E-state index contributed by atoms with van der Waals surface area (Å²) >= 11 is 1.79. The third kappa shape index (κ3) is 4.80. The van der Waals surface area contributed by atoms with Crippen molar-refractivity contribution in [3.63, 3.8) is 0 Å². The number of rotatable bonds is 8. The van der Waals surface area contributed by atoms with E-state index in [0.717, 1.165) is 12.2 Å². The molecule has 5 heteroatoms. The average Bonchev–Trinajstić information content (AvgIpc) is 2.44. The predicted molar refractivity (Wildman–Crippen MR) is 82.4 cm³/mol. The number of benzene rings is 1. The van der Waals surface area contributed by atoms with Crippen LogP contribution in [0.5, 0.6) is 5.75 Å². The van der Waals surface area contributed by atoms with Crippen molar-refractivity contribution in [2.45, 2.75) is 19.4 Å². The first kappa shape index (κ1) is 17.0. The molecule has 0 heterocycles. The Kier molecular flexibility index (Phi) is 7.02. The molecule has 0 aliphatic rings. The predicted octanol–water partition coefficient (Wildman–Crippen LogP) is 3.09. The molecule has 1 aromatic rings. The molecule has 0 amide bonds. The number of likely N-dealkylation sites (N-methyl/N-ethyl adjacent to an activating group) is 1. The summed E-state index contributed by atoms with van der Waals surface area (Å²) in [6.45, 7) is 2.35. The van der Waals surface area contributed by atoms with Crippen molar-refractivity contribution in [3.05, 3.63) is 29.6 Å². The summed E-state index contributed by atoms with van der Waals surface area (Å²) in [4.78, 5) is 14.3. The Morgan fingerprint density at radius 3 is 2.80 bits per heavy atom. The number of carbonyl (C=O) groups excluding carboxylic acids is 1. The molecule has 1 aromatic carbocycles. The van der Waals surface area contributed by atoms with Gasteiger partial charge in [-0.1, -0.05) is 0 Å². The van der Waals surface area contributed by atoms with Crippen LogP contribution in [0.1, 0.15) is 23.7 Å². The monoisotopic (exact) mass is 299 g/mol. The summed E-state index contributed by atoms with van der Waals surface area (Å²) < 4.78 is 18.4. The first-order valence-electron chi connectivity index (χ1n) is 6.55. The van der Waals surface area contributed by atoms with E-state index in [1.165, 1.54) is 25.3 Å². The number of thioether (sulfide) groups is 1. The number of halogens is 1. The molecule has 0 aliphatic heterocycles. The minimum Gasteiger partial charge on any atom is -0.496 e. The van der Waals surface area contributed by atoms with Crippen LogP contribution in [-0.2, 0) is 0 Å². The molecule has 112 valence electrons. The highest BCUT2D eigenvalue weighted by molar-refractivity contribution is 7.98. The molecule has 1 unspecified atom stereocenters. The maximum atomic E-state index is 13.3. The highest BCUT2D eigenvalue weighted by atomic mass is 32.2. The van der Waals surface area contributed by atoms with Crippen LogP contribution in [0.4, 0.5) is 4.39 Å². The summed E-state index contributed by atoms with van der Waals surface area (Å²) in [5, 5.41) is 0. The Labute approximate surface area is 124 Å². The second kappa shape index (κ2) is 8.27. The lowest BCUT2D eigenvalue weighted by Gasteiger charge is -2.24. The lowest BCUT2D eigenvalue weighted by molar-refractivity contribution is 0.0920. The summed E-state index contributed by atoms with van der Waals surface area (Å²) in [7, 11) is 3.39. The fourth-order valence-electron chi connectivity index (χ4n) is 1.87. The Morgan fingerprint density at radius 1 is 1.50 bits per heavy atom. The van der Waals surface area contributed by atoms with Gasteiger partial charge < -0.3 is 4.74 Å². The lowest BCUT2D eigenvalue weighted by Crippen LogP contribution is -2.34. The average molecular weight is 299 g/mol. The highest BCUT2D eigenvalue weighted by Gasteiger charge is 2.18. The van der Waals surface area contributed by atoms with E-state index in [0.29, 0.717) is 17.4 Å². The molecule has 0 saturated heterocycles. The molecule has 0 aliphatic carbocycles. The maximum absolute atomic E-state index is 13.3. The second-order valence-corrected chi connectivity index (χ2v) is 5.80. The van der Waals surface area contributed by atoms with E-state index in [-0.39, 0.29) is 12.3 Å². The van der Waals surface area contributed by atoms with Gasteiger partial charge in [-0.3, -0.25) is 9.69 Å². The van der Waals surface area contributed by atoms with Crippen molar-refractivity contribution in [1.82, 2.24) is 4.90 Å². The lowest BCUT2D eigenvalue weighted by atomic mass is 10.1. The van der Waals surface area contributed by atoms with Crippen LogP contribution < -0.4 is 4.74 Å². The number of nitrogens with zero attached hydrogens (tertiary/aromatic N) is 1. The standard InChI is InChI=1S/C15H22FNO2S/c1-11(7-8-20-4)17(2)10-14(18)13-9-12(16)5-6-15(13)19-3/h5-6,9,11H,7-8,10H2,1-4H3. The molecule has 0 saturated carbocycles. The number of Topliss-reactive ketones (excluding diaryl/α,β-unsaturated/α-hetero) is 1. The van der Waals surface area contributed by atoms with Crippen molar-refractivity contribution in [2.75, 3.05) is 32.7 Å². The van der Waals surface area contributed by atoms with Gasteiger partial charge in [0.25, 0.3) is 0 Å². The molecule has 0 spiro atoms. The van der Waals surface area contributed by atoms with Gasteiger partial charge in [0.1, 0.15) is 11.6 Å². The fourth-order valence-corrected chi connectivity index (χ4v) is 2.45. The molecule has 1 atom stereocenters. The first-order chi connectivity index (χ1) is 9.49. The van der Waals surface area contributed by atoms with Gasteiger partial charge in [0.2, 0.25) is 0 Å². The maximum Gasteiger partial charge on any atom is 0.180 e. The molecule has 3 nitrogen and oxygen atoms in total. The number of methoxy groups -OCH3 is 1. The van der Waals surface area contributed by atoms with E-state index < -0.39 is 5.82 Å². The zero-order chi connectivity index (χ0) is 15.1. The van der Waals surface area contributed by atoms with Crippen LogP contribution in [0.15, 0.2) is 18.2 Å². The molecule has 0 radical (unpaired) electrons. The third-order valence-corrected chi connectivity index (χ3v) is 3.99. The SMILES string of the molecule is COc1ccc(F)cc1C(=O)CN(C)C(C)CCSC. The fraction of sp³-hybridized carbons (Fsp3) is 0.533. The number of hydrogen-bond donors (Lipinski definition) is 0. The van der Waals surface area contributed by atoms with E-state index in [2.05, 4.69) is 13.2 Å². The van der Waals surface area contributed by atoms with Gasteiger partial charge in [-0.05, 0) is 50.6 Å². The van der Waals surface area contributed by atoms with Crippen molar-refractivity contribution >= 4 is 17.5 Å². The molecular weight excluding hydrogens is 277 g/mol. The van der Waals surface area contributed by atoms with Gasteiger partial charge in [-0.2, -0.15) is 11.8 Å². The third-order valence-electron chi connectivity index (χ3n) is 3.35. The molecule has 0 aromatic heterocycles. The van der Waals surface area contributed by atoms with Crippen LogP contribution in [-0.4, -0.2) is 49.4 Å². The Bertz CT molecular complexity index is 453. The Hall–Kier alpha value is -1.07. The minimum absolute atomic E-state index is 0.125. The van der Waals surface area contributed by atoms with Crippen molar-refractivity contribution in [3.8, 4) is 5.75 Å². The van der Waals surface area contributed by atoms with E-state index in [1.54, 1.807) is 11.8 Å². The van der Waals surface area contributed by atoms with Crippen molar-refractivity contribution in [2.24, 2.45) is 0 Å². The van der Waals surface area contributed by atoms with Gasteiger partial charge >= 0.3 is 0 Å². The molecule has 20 heavy (non-hydrogen) atoms. The van der Waals surface area contributed by atoms with Gasteiger partial charge in [0, 0.05) is 6.04 Å². The minimum atomic E-state index is -0.424. The van der Waals surface area contributed by atoms with E-state index in [4.69, 9.17) is 4.74 Å². The zero-order valence-corrected chi connectivity index (χ0v) is 13.3. The van der Waals surface area contributed by atoms with Gasteiger partial charge in [0.15, 0.2) is 5.78 Å². The van der Waals surface area contributed by atoms with Crippen LogP contribution in [0.2, 0.25) is 0 Å². The second-order valence-electron chi connectivity index (χ2n) is 4.81. The Balaban J connectivity index is 2.73. The normalized spacial score (nSPS) is 12.5. The van der Waals surface area contributed by atoms with Gasteiger partial charge in [-0.25, -0.2) is 4.39 Å². The molecule has 1 rings (SSSR count). The summed E-state index contributed by atoms with van der Waals surface area (Å²) in [5.74, 6) is 0.928. The topological polar surface area (TPSA) is 29.5 Å². The van der Waals surface area contributed by atoms with Crippen LogP contribution in [0, 0.1) is 5.82 Å². The number of hydrogen-bond acceptors (Lipinski definition) is 4. The van der Waals surface area contributed by atoms with Crippen LogP contribution in [0.25, 0.3) is 0 Å². The van der Waals surface area contributed by atoms with Crippen molar-refractivity contribution < 1.29 is 13.9 Å². The van der Waals surface area contributed by atoms with Crippen LogP contribution >= 0.6 is 11.8 Å². The van der Waals surface area contributed by atoms with Crippen LogP contribution in [0.3, 0.4) is 0 Å². The zero-order valence-electron chi connectivity index (χ0n) is 12.5. The summed E-state index contributed by atoms with van der Waals surface area (Å²) in [6.07, 6.45) is 3.08. The largest absolute Gasteiger partial charge is 0.496 e. The number of ether oxygens (including phenoxy) is 1. The Morgan fingerprint density at radius 2 is 2.20 bits per heavy atom. The van der Waals surface area contributed by atoms with E-state index >= 15 is 0 Å². The number of ketones is 1. The molecule has 0 fully saturated rings. The van der Waals surface area contributed by atoms with Gasteiger partial charge in [-0.15, -0.1) is 0 Å². The summed E-state index contributed by atoms with van der Waals surface area (Å²) in [5.41, 5.74) is 0.302. The first-order valence-corrected chi connectivity index (χ1v) is 7.95. The van der Waals surface area contributed by atoms with Crippen molar-refractivity contribution in [1.29, 1.82) is 0 Å². The van der Waals surface area contributed by atoms with E-state index in [1.807, 2.05) is 11.9 Å². The van der Waals surface area contributed by atoms with E-state index in [9.17, 15) is 9.18 Å². The number of carbonyl (C=O) groups is 1. The summed E-state index contributed by atoms with van der Waals surface area (Å²) in [6, 6.07) is 4.33. The van der Waals surface area contributed by atoms with Gasteiger partial charge in [0.05, 0.1) is 19.2 Å².